The van der Waals surface area contributed by atoms with Crippen LogP contribution in [0.25, 0.3) is 22.9 Å². The first-order valence-electron chi connectivity index (χ1n) is 46.5. The first-order chi connectivity index (χ1) is 68.0. The molecule has 0 saturated heterocycles. The molecule has 840 valence electrons. The van der Waals surface area contributed by atoms with Crippen LogP contribution in [0, 0.1) is 51.4 Å². The summed E-state index contributed by atoms with van der Waals surface area (Å²) in [4.78, 5) is 217. The maximum Gasteiger partial charge on any atom is 2.00 e. The molecular weight excluding hydrogens is 2730 g/mol. The molecule has 42 nitrogen and oxygen atoms in total. The Kier molecular flexibility index (Phi) is 104. The minimum atomic E-state index is -1.82. The average molecular weight is 2870 g/mol. The second-order valence-electron chi connectivity index (χ2n) is 32.4. The zero-order valence-corrected chi connectivity index (χ0v) is 94.4. The molecule has 0 aromatic rings. The summed E-state index contributed by atoms with van der Waals surface area (Å²) >= 11 is -0.944. The zero-order valence-electron chi connectivity index (χ0n) is 82.3. The molecule has 0 aromatic heterocycles. The van der Waals surface area contributed by atoms with Crippen molar-refractivity contribution in [1.29, 1.82) is 0 Å². The number of hydrogen-bond donors (Lipinski definition) is 12. The molecule has 6 aliphatic heterocycles. The summed E-state index contributed by atoms with van der Waals surface area (Å²) < 4.78 is 0. The Hall–Kier alpha value is -8.21. The fourth-order valence-electron chi connectivity index (χ4n) is 13.3. The van der Waals surface area contributed by atoms with Crippen LogP contribution >= 0.6 is 37.7 Å². The van der Waals surface area contributed by atoms with Crippen molar-refractivity contribution >= 4 is 156 Å². The number of nitrogens with one attached hydrogen (secondary N) is 4. The van der Waals surface area contributed by atoms with Gasteiger partial charge in [-0.1, -0.05) is 154 Å². The summed E-state index contributed by atoms with van der Waals surface area (Å²) in [7, 11) is 21.5. The molecule has 10 rings (SSSR count). The van der Waals surface area contributed by atoms with E-state index in [4.69, 9.17) is 141 Å². The summed E-state index contributed by atoms with van der Waals surface area (Å²) in [5.41, 5.74) is 31.1. The Labute approximate surface area is 917 Å². The second-order valence-corrected chi connectivity index (χ2v) is 39.0. The standard InChI is InChI=1S/2C11H15NO3.4C10H13NO4.4C7H13N.2C2H2O4.2CH4O.4ClH.4Pt/c2*1-9-6-7-10(13)12(9)8-4-2-3-5-11(14)15;4*12-8-5-6-9(13)11(8)7-3-1-2-4-10(14)15;4*1-6-4-2-3-5-7(6)8;2*3-1(4)2(5)6;2*1-2;;;;;;;;/h2*6-7H,1-5,8H2,(H,14,15);4*5-6H,1-4,7H2,(H,14,15);4*6-8H,1-5H2;2*(H,3,4)(H,5,6);2*2H,1H3;4*1H;;;;/q;;;;;;4*-2;;;;;;;;;2*+2;2*+4/p-4/t;;;;;;4*6-,7-;;;;;;;;;;;;/m......1111............/s1. The molecule has 0 spiro atoms. The van der Waals surface area contributed by atoms with Gasteiger partial charge >= 0.3 is 172 Å². The molecule has 0 bridgehead atoms. The van der Waals surface area contributed by atoms with Crippen LogP contribution in [0.4, 0.5) is 0 Å². The first kappa shape index (κ1) is 153. The molecule has 146 heavy (non-hydrogen) atoms. The van der Waals surface area contributed by atoms with Crippen molar-refractivity contribution in [2.24, 2.45) is 23.7 Å². The number of carboxylic acid groups (broad SMARTS) is 10. The van der Waals surface area contributed by atoms with E-state index < -0.39 is 92.7 Å². The fourth-order valence-corrected chi connectivity index (χ4v) is 13.3. The van der Waals surface area contributed by atoms with Crippen molar-refractivity contribution in [3.05, 3.63) is 148 Å². The Morgan fingerprint density at radius 3 is 0.486 bits per heavy atom. The van der Waals surface area contributed by atoms with Crippen LogP contribution in [0.15, 0.2) is 97.5 Å². The van der Waals surface area contributed by atoms with E-state index >= 15 is 0 Å². The number of imide groups is 4. The van der Waals surface area contributed by atoms with Gasteiger partial charge in [0.2, 0.25) is 0 Å². The van der Waals surface area contributed by atoms with E-state index in [0.29, 0.717) is 153 Å². The van der Waals surface area contributed by atoms with Gasteiger partial charge in [-0.25, -0.2) is 19.2 Å². The number of hydrogen-bond acceptors (Lipinski definition) is 22. The van der Waals surface area contributed by atoms with Gasteiger partial charge in [0, 0.05) is 164 Å². The zero-order chi connectivity index (χ0) is 111. The monoisotopic (exact) mass is 2870 g/mol. The van der Waals surface area contributed by atoms with Crippen molar-refractivity contribution in [3.8, 4) is 0 Å². The minimum Gasteiger partial charge on any atom is 2.00 e. The quantitative estimate of drug-likeness (QED) is 0.0120. The van der Waals surface area contributed by atoms with Gasteiger partial charge in [0.15, 0.2) is 0 Å². The second kappa shape index (κ2) is 98.8. The molecule has 8 atom stereocenters. The number of carboxylic acids is 10. The van der Waals surface area contributed by atoms with Crippen molar-refractivity contribution in [2.45, 2.75) is 281 Å². The molecule has 4 aliphatic carbocycles. The third-order valence-electron chi connectivity index (χ3n) is 21.3. The van der Waals surface area contributed by atoms with E-state index in [2.05, 4.69) is 40.9 Å². The van der Waals surface area contributed by atoms with Crippen molar-refractivity contribution in [3.63, 3.8) is 0 Å². The van der Waals surface area contributed by atoms with Gasteiger partial charge in [-0.05, 0) is 89.2 Å². The van der Waals surface area contributed by atoms with Gasteiger partial charge in [-0.2, -0.15) is 47.8 Å². The average Bonchev–Trinajstić information content (AvgIpc) is 1.76. The molecule has 16 N–H and O–H groups in total. The Bertz CT molecular complexity index is 3360. The SMILES string of the molecule is C=C1C=CC(=O)N1CCCCCC(=O)O.C=C1C=CC(=O)N1CCCCCC(=O)O.CO.CO.O=C(O)C(=O)O.O=C(O)C(=O)O.O=C(O)CCCCCN1C(=O)C=CC1=O.O=C(O)CCCCCN1C(=O)C=CC1=O.O=C(O)CCCCCN1C(=O)C=CC1=O.O=C(O)CCCCCN1C(=O)C=CC1=O.[CH2-][C@@H]1CCCC[C@H]1[NH-].[CH2-][C@@H]1CCCC[C@H]1[NH-].[CH2-][C@@H]1CCCC[C@H]1[NH-].[CH2-][C@@H]1CCCC[C@H]1[NH-].[Cl][Pt+2][Cl].[Cl][Pt+2][Cl].[Pt+2].[Pt+2]. The van der Waals surface area contributed by atoms with Gasteiger partial charge in [0.1, 0.15) is 0 Å². The number of carbonyl (C=O) groups is 20. The van der Waals surface area contributed by atoms with Gasteiger partial charge in [-0.3, -0.25) is 96.3 Å². The van der Waals surface area contributed by atoms with Crippen LogP contribution in [-0.4, -0.2) is 287 Å². The number of allylic oxidation sites excluding steroid dienone is 2. The maximum atomic E-state index is 11.2. The van der Waals surface area contributed by atoms with Crippen LogP contribution in [0.5, 0.6) is 0 Å². The molecule has 50 heteroatoms. The third kappa shape index (κ3) is 85.6. The Morgan fingerprint density at radius 1 is 0.260 bits per heavy atom. The van der Waals surface area contributed by atoms with Gasteiger partial charge < -0.3 is 122 Å². The summed E-state index contributed by atoms with van der Waals surface area (Å²) in [6.07, 6.45) is 49.0. The summed E-state index contributed by atoms with van der Waals surface area (Å²) in [5, 5.41) is 93.9. The molecule has 6 heterocycles. The smallest absolute Gasteiger partial charge is 2.00 e. The van der Waals surface area contributed by atoms with E-state index in [1.54, 1.807) is 22.0 Å². The predicted molar refractivity (Wildman–Crippen MR) is 532 cm³/mol. The number of halogens is 4. The van der Waals surface area contributed by atoms with Crippen LogP contribution in [-0.2, 0) is 171 Å². The molecule has 4 fully saturated rings. The molecule has 4 saturated carbocycles. The normalized spacial score (nSPS) is 19.0. The number of aliphatic carboxylic acids is 10. The number of aliphatic hydroxyl groups excluding tert-OH is 2. The van der Waals surface area contributed by atoms with E-state index in [9.17, 15) is 76.7 Å². The van der Waals surface area contributed by atoms with Crippen LogP contribution < -0.4 is 0 Å². The Morgan fingerprint density at radius 2 is 0.384 bits per heavy atom. The van der Waals surface area contributed by atoms with Gasteiger partial charge in [0.05, 0.1) is 0 Å². The number of carbonyl (C=O) groups excluding carboxylic acids is 10. The van der Waals surface area contributed by atoms with Crippen molar-refractivity contribution < 1.29 is 232 Å². The summed E-state index contributed by atoms with van der Waals surface area (Å²) in [6.45, 7) is 25.8. The van der Waals surface area contributed by atoms with Crippen molar-refractivity contribution in [2.75, 3.05) is 53.5 Å². The summed E-state index contributed by atoms with van der Waals surface area (Å²) in [5.74, 6) is -12.7. The molecule has 0 unspecified atom stereocenters. The topological polar surface area (TPSA) is 699 Å². The van der Waals surface area contributed by atoms with Gasteiger partial charge in [-0.15, -0.1) is 0 Å². The van der Waals surface area contributed by atoms with E-state index in [1.807, 2.05) is 0 Å². The van der Waals surface area contributed by atoms with Crippen LogP contribution in [0.2, 0.25) is 0 Å². The van der Waals surface area contributed by atoms with E-state index in [0.717, 1.165) is 77.0 Å². The van der Waals surface area contributed by atoms with Crippen molar-refractivity contribution in [1.82, 2.24) is 29.4 Å². The van der Waals surface area contributed by atoms with Crippen LogP contribution in [0.3, 0.4) is 0 Å². The summed E-state index contributed by atoms with van der Waals surface area (Å²) in [6, 6.07) is 0.569. The molecular formula is C96H146Cl4N10O32Pt4. The fraction of sp³-hybridized carbons (Fsp3) is 0.583. The number of amides is 10. The first-order valence-corrected chi connectivity index (χ1v) is 57.7. The number of nitrogens with zero attached hydrogens (tertiary/aromatic N) is 6. The number of unbranched alkanes of at least 4 members (excludes halogenated alkanes) is 12. The Balaban J connectivity index is -0.000000237. The van der Waals surface area contributed by atoms with E-state index in [-0.39, 0.29) is 164 Å². The number of rotatable bonds is 36. The van der Waals surface area contributed by atoms with Crippen LogP contribution in [0.1, 0.15) is 257 Å². The molecule has 10 aliphatic rings. The minimum absolute atomic E-state index is 0. The predicted octanol–water partition coefficient (Wildman–Crippen LogP) is 15.3. The molecule has 0 aromatic carbocycles. The molecule has 0 radical (unpaired) electrons. The van der Waals surface area contributed by atoms with Gasteiger partial charge in [0.25, 0.3) is 59.1 Å². The largest absolute Gasteiger partial charge is 2.00 e. The maximum absolute atomic E-state index is 11.2. The third-order valence-corrected chi connectivity index (χ3v) is 21.3. The number of aliphatic hydroxyl groups is 2. The van der Waals surface area contributed by atoms with E-state index in [1.165, 1.54) is 157 Å². The molecule has 10 amide bonds.